The topological polar surface area (TPSA) is 66.4 Å². The van der Waals surface area contributed by atoms with Gasteiger partial charge in [-0.3, -0.25) is 9.59 Å². The summed E-state index contributed by atoms with van der Waals surface area (Å²) < 4.78 is 0. The Bertz CT molecular complexity index is 621. The summed E-state index contributed by atoms with van der Waals surface area (Å²) in [5.74, 6) is -0.618. The molecular weight excluding hydrogens is 254 g/mol. The minimum Gasteiger partial charge on any atom is -0.384 e. The number of carbonyl (C=O) groups is 2. The van der Waals surface area contributed by atoms with Crippen LogP contribution >= 0.6 is 0 Å². The number of anilines is 1. The van der Waals surface area contributed by atoms with Crippen molar-refractivity contribution in [3.05, 3.63) is 65.7 Å². The molecule has 0 bridgehead atoms. The lowest BCUT2D eigenvalue weighted by Gasteiger charge is -2.08. The second-order valence-electron chi connectivity index (χ2n) is 4.44. The Balaban J connectivity index is 2.22. The van der Waals surface area contributed by atoms with Crippen LogP contribution in [-0.4, -0.2) is 22.9 Å². The summed E-state index contributed by atoms with van der Waals surface area (Å²) in [5, 5.41) is 11.7. The number of aliphatic hydroxyl groups excluding tert-OH is 1. The summed E-state index contributed by atoms with van der Waals surface area (Å²) in [6.07, 6.45) is -1.09. The highest BCUT2D eigenvalue weighted by molar-refractivity contribution is 6.09. The second-order valence-corrected chi connectivity index (χ2v) is 4.44. The summed E-state index contributed by atoms with van der Waals surface area (Å²) in [5.41, 5.74) is 1.56. The van der Waals surface area contributed by atoms with Crippen LogP contribution in [0.4, 0.5) is 5.69 Å². The van der Waals surface area contributed by atoms with Crippen LogP contribution in [0.5, 0.6) is 0 Å². The van der Waals surface area contributed by atoms with Gasteiger partial charge in [0.25, 0.3) is 5.91 Å². The lowest BCUT2D eigenvalue weighted by Crippen LogP contribution is -2.24. The van der Waals surface area contributed by atoms with E-state index in [2.05, 4.69) is 5.32 Å². The molecule has 0 spiro atoms. The van der Waals surface area contributed by atoms with Gasteiger partial charge < -0.3 is 10.4 Å². The van der Waals surface area contributed by atoms with Crippen LogP contribution < -0.4 is 5.32 Å². The van der Waals surface area contributed by atoms with E-state index in [1.807, 2.05) is 6.07 Å². The summed E-state index contributed by atoms with van der Waals surface area (Å²) in [6, 6.07) is 15.6. The van der Waals surface area contributed by atoms with Gasteiger partial charge in [0.1, 0.15) is 6.10 Å². The molecule has 0 aliphatic carbocycles. The first-order valence-corrected chi connectivity index (χ1v) is 6.26. The summed E-state index contributed by atoms with van der Waals surface area (Å²) in [7, 11) is 0. The van der Waals surface area contributed by atoms with Gasteiger partial charge >= 0.3 is 0 Å². The minimum atomic E-state index is -1.09. The number of hydrogen-bond acceptors (Lipinski definition) is 3. The summed E-state index contributed by atoms with van der Waals surface area (Å²) in [6.45, 7) is 1.38. The number of nitrogens with one attached hydrogen (secondary N) is 1. The standard InChI is InChI=1S/C16H15NO3/c1-11(18)16(20)17-14-9-5-8-13(10-14)15(19)12-6-3-2-4-7-12/h2-11,18H,1H3,(H,17,20). The summed E-state index contributed by atoms with van der Waals surface area (Å²) >= 11 is 0. The molecule has 0 saturated carbocycles. The van der Waals surface area contributed by atoms with Crippen LogP contribution in [0.1, 0.15) is 22.8 Å². The Morgan fingerprint density at radius 1 is 1.00 bits per heavy atom. The molecule has 102 valence electrons. The number of rotatable bonds is 4. The fraction of sp³-hybridized carbons (Fsp3) is 0.125. The fourth-order valence-corrected chi connectivity index (χ4v) is 1.74. The average molecular weight is 269 g/mol. The quantitative estimate of drug-likeness (QED) is 0.836. The third-order valence-corrected chi connectivity index (χ3v) is 2.81. The van der Waals surface area contributed by atoms with E-state index < -0.39 is 12.0 Å². The summed E-state index contributed by atoms with van der Waals surface area (Å²) in [4.78, 5) is 23.7. The van der Waals surface area contributed by atoms with E-state index >= 15 is 0 Å². The lowest BCUT2D eigenvalue weighted by molar-refractivity contribution is -0.123. The fourth-order valence-electron chi connectivity index (χ4n) is 1.74. The molecule has 2 N–H and O–H groups in total. The second kappa shape index (κ2) is 6.12. The van der Waals surface area contributed by atoms with Gasteiger partial charge in [0.15, 0.2) is 5.78 Å². The minimum absolute atomic E-state index is 0.112. The molecular formula is C16H15NO3. The predicted octanol–water partition coefficient (Wildman–Crippen LogP) is 2.24. The van der Waals surface area contributed by atoms with Gasteiger partial charge in [-0.15, -0.1) is 0 Å². The van der Waals surface area contributed by atoms with Crippen LogP contribution in [-0.2, 0) is 4.79 Å². The van der Waals surface area contributed by atoms with Gasteiger partial charge in [0.05, 0.1) is 0 Å². The molecule has 1 unspecified atom stereocenters. The van der Waals surface area contributed by atoms with E-state index in [0.717, 1.165) is 0 Å². The Labute approximate surface area is 117 Å². The average Bonchev–Trinajstić information content (AvgIpc) is 2.47. The zero-order valence-electron chi connectivity index (χ0n) is 11.0. The van der Waals surface area contributed by atoms with Gasteiger partial charge in [-0.25, -0.2) is 0 Å². The molecule has 0 aromatic heterocycles. The normalized spacial score (nSPS) is 11.7. The van der Waals surface area contributed by atoms with Gasteiger partial charge in [0.2, 0.25) is 0 Å². The van der Waals surface area contributed by atoms with E-state index in [1.165, 1.54) is 6.92 Å². The monoisotopic (exact) mass is 269 g/mol. The van der Waals surface area contributed by atoms with Crippen molar-refractivity contribution in [1.82, 2.24) is 0 Å². The molecule has 0 aliphatic rings. The van der Waals surface area contributed by atoms with Crippen molar-refractivity contribution in [2.24, 2.45) is 0 Å². The van der Waals surface area contributed by atoms with E-state index in [-0.39, 0.29) is 5.78 Å². The largest absolute Gasteiger partial charge is 0.384 e. The van der Waals surface area contributed by atoms with Gasteiger partial charge in [-0.05, 0) is 19.1 Å². The molecule has 2 rings (SSSR count). The molecule has 0 aliphatic heterocycles. The Morgan fingerprint density at radius 2 is 1.65 bits per heavy atom. The smallest absolute Gasteiger partial charge is 0.252 e. The zero-order valence-corrected chi connectivity index (χ0v) is 11.0. The maximum atomic E-state index is 12.3. The van der Waals surface area contributed by atoms with E-state index in [4.69, 9.17) is 5.11 Å². The zero-order chi connectivity index (χ0) is 14.5. The Hall–Kier alpha value is -2.46. The molecule has 0 saturated heterocycles. The first-order valence-electron chi connectivity index (χ1n) is 6.26. The highest BCUT2D eigenvalue weighted by atomic mass is 16.3. The number of amides is 1. The number of carbonyl (C=O) groups excluding carboxylic acids is 2. The number of benzene rings is 2. The van der Waals surface area contributed by atoms with Crippen molar-refractivity contribution in [1.29, 1.82) is 0 Å². The van der Waals surface area contributed by atoms with Crippen LogP contribution in [0.2, 0.25) is 0 Å². The molecule has 1 amide bonds. The highest BCUT2D eigenvalue weighted by Gasteiger charge is 2.12. The number of aliphatic hydroxyl groups is 1. The van der Waals surface area contributed by atoms with Gasteiger partial charge in [-0.2, -0.15) is 0 Å². The van der Waals surface area contributed by atoms with Gasteiger partial charge in [-0.1, -0.05) is 42.5 Å². The molecule has 0 fully saturated rings. The van der Waals surface area contributed by atoms with Crippen molar-refractivity contribution in [3.63, 3.8) is 0 Å². The molecule has 4 heteroatoms. The Morgan fingerprint density at radius 3 is 2.30 bits per heavy atom. The van der Waals surface area contributed by atoms with Crippen LogP contribution in [0.15, 0.2) is 54.6 Å². The van der Waals surface area contributed by atoms with Crippen molar-refractivity contribution >= 4 is 17.4 Å². The van der Waals surface area contributed by atoms with Crippen molar-refractivity contribution < 1.29 is 14.7 Å². The van der Waals surface area contributed by atoms with Crippen molar-refractivity contribution in [2.45, 2.75) is 13.0 Å². The molecule has 0 radical (unpaired) electrons. The van der Waals surface area contributed by atoms with E-state index in [1.54, 1.807) is 48.5 Å². The third-order valence-electron chi connectivity index (χ3n) is 2.81. The molecule has 20 heavy (non-hydrogen) atoms. The van der Waals surface area contributed by atoms with Gasteiger partial charge in [0, 0.05) is 16.8 Å². The molecule has 2 aromatic rings. The molecule has 1 atom stereocenters. The van der Waals surface area contributed by atoms with Crippen molar-refractivity contribution in [3.8, 4) is 0 Å². The number of hydrogen-bond donors (Lipinski definition) is 2. The SMILES string of the molecule is CC(O)C(=O)Nc1cccc(C(=O)c2ccccc2)c1. The first kappa shape index (κ1) is 14.0. The third kappa shape index (κ3) is 3.30. The maximum absolute atomic E-state index is 12.3. The number of ketones is 1. The van der Waals surface area contributed by atoms with Crippen LogP contribution in [0.3, 0.4) is 0 Å². The molecule has 2 aromatic carbocycles. The molecule has 4 nitrogen and oxygen atoms in total. The molecule has 0 heterocycles. The Kier molecular flexibility index (Phi) is 4.27. The van der Waals surface area contributed by atoms with E-state index in [9.17, 15) is 9.59 Å². The van der Waals surface area contributed by atoms with Crippen LogP contribution in [0, 0.1) is 0 Å². The highest BCUT2D eigenvalue weighted by Crippen LogP contribution is 2.15. The first-order chi connectivity index (χ1) is 9.58. The van der Waals surface area contributed by atoms with Crippen LogP contribution in [0.25, 0.3) is 0 Å². The van der Waals surface area contributed by atoms with Crippen molar-refractivity contribution in [2.75, 3.05) is 5.32 Å². The maximum Gasteiger partial charge on any atom is 0.252 e. The predicted molar refractivity (Wildman–Crippen MR) is 76.6 cm³/mol. The van der Waals surface area contributed by atoms with E-state index in [0.29, 0.717) is 16.8 Å². The lowest BCUT2D eigenvalue weighted by atomic mass is 10.0.